The molecule has 1 saturated heterocycles. The fourth-order valence-electron chi connectivity index (χ4n) is 3.56. The lowest BCUT2D eigenvalue weighted by atomic mass is 9.90. The number of aryl methyl sites for hydroxylation is 1. The smallest absolute Gasteiger partial charge is 0.254 e. The van der Waals surface area contributed by atoms with Crippen molar-refractivity contribution in [1.82, 2.24) is 25.2 Å². The van der Waals surface area contributed by atoms with Gasteiger partial charge in [0.05, 0.1) is 11.3 Å². The third-order valence-corrected chi connectivity index (χ3v) is 5.14. The van der Waals surface area contributed by atoms with Crippen LogP contribution in [0.3, 0.4) is 0 Å². The molecule has 1 fully saturated rings. The first-order valence-electron chi connectivity index (χ1n) is 9.91. The Labute approximate surface area is 171 Å². The SMILES string of the molecule is C=C(C)C(=O)N1CCC(c2nc(C)ncc2C(=O)NCCc2cccnc2)CC1. The second-order valence-electron chi connectivity index (χ2n) is 7.43. The van der Waals surface area contributed by atoms with Crippen molar-refractivity contribution in [2.45, 2.75) is 39.0 Å². The Morgan fingerprint density at radius 2 is 2.03 bits per heavy atom. The summed E-state index contributed by atoms with van der Waals surface area (Å²) in [7, 11) is 0. The molecule has 2 aromatic heterocycles. The molecule has 0 aromatic carbocycles. The molecule has 152 valence electrons. The number of hydrogen-bond acceptors (Lipinski definition) is 5. The summed E-state index contributed by atoms with van der Waals surface area (Å²) < 4.78 is 0. The van der Waals surface area contributed by atoms with E-state index in [1.54, 1.807) is 25.5 Å². The normalized spacial score (nSPS) is 14.5. The molecular weight excluding hydrogens is 366 g/mol. The summed E-state index contributed by atoms with van der Waals surface area (Å²) in [5.41, 5.74) is 2.92. The van der Waals surface area contributed by atoms with Gasteiger partial charge in [0.1, 0.15) is 5.82 Å². The van der Waals surface area contributed by atoms with E-state index in [0.717, 1.165) is 24.1 Å². The Bertz CT molecular complexity index is 889. The number of amides is 2. The van der Waals surface area contributed by atoms with Gasteiger partial charge in [-0.1, -0.05) is 12.6 Å². The molecule has 1 aliphatic rings. The molecule has 0 atom stereocenters. The molecule has 29 heavy (non-hydrogen) atoms. The Hall–Kier alpha value is -3.09. The molecule has 0 unspecified atom stereocenters. The van der Waals surface area contributed by atoms with Gasteiger partial charge in [-0.05, 0) is 44.7 Å². The van der Waals surface area contributed by atoms with E-state index in [4.69, 9.17) is 0 Å². The van der Waals surface area contributed by atoms with E-state index in [2.05, 4.69) is 26.8 Å². The van der Waals surface area contributed by atoms with Gasteiger partial charge in [-0.3, -0.25) is 14.6 Å². The van der Waals surface area contributed by atoms with Gasteiger partial charge >= 0.3 is 0 Å². The van der Waals surface area contributed by atoms with Crippen LogP contribution in [0.1, 0.15) is 53.1 Å². The number of aromatic nitrogens is 3. The number of pyridine rings is 1. The van der Waals surface area contributed by atoms with E-state index in [1.165, 1.54) is 0 Å². The Balaban J connectivity index is 1.65. The maximum atomic E-state index is 12.8. The van der Waals surface area contributed by atoms with Crippen LogP contribution < -0.4 is 5.32 Å². The Morgan fingerprint density at radius 3 is 2.69 bits per heavy atom. The zero-order chi connectivity index (χ0) is 20.8. The largest absolute Gasteiger partial charge is 0.352 e. The summed E-state index contributed by atoms with van der Waals surface area (Å²) in [6, 6.07) is 3.87. The summed E-state index contributed by atoms with van der Waals surface area (Å²) in [6.45, 7) is 9.10. The summed E-state index contributed by atoms with van der Waals surface area (Å²) in [5.74, 6) is 0.609. The minimum Gasteiger partial charge on any atom is -0.352 e. The summed E-state index contributed by atoms with van der Waals surface area (Å²) >= 11 is 0. The highest BCUT2D eigenvalue weighted by Crippen LogP contribution is 2.29. The predicted octanol–water partition coefficient (Wildman–Crippen LogP) is 2.43. The molecule has 1 N–H and O–H groups in total. The van der Waals surface area contributed by atoms with Crippen LogP contribution in [0, 0.1) is 6.92 Å². The highest BCUT2D eigenvalue weighted by atomic mass is 16.2. The van der Waals surface area contributed by atoms with Crippen molar-refractivity contribution in [3.8, 4) is 0 Å². The monoisotopic (exact) mass is 393 g/mol. The zero-order valence-corrected chi connectivity index (χ0v) is 17.0. The summed E-state index contributed by atoms with van der Waals surface area (Å²) in [4.78, 5) is 39.7. The number of carbonyl (C=O) groups is 2. The van der Waals surface area contributed by atoms with Crippen LogP contribution in [-0.2, 0) is 11.2 Å². The first-order valence-corrected chi connectivity index (χ1v) is 9.91. The van der Waals surface area contributed by atoms with Crippen molar-refractivity contribution in [2.24, 2.45) is 0 Å². The molecule has 7 nitrogen and oxygen atoms in total. The third kappa shape index (κ3) is 5.25. The van der Waals surface area contributed by atoms with Gasteiger partial charge in [0.25, 0.3) is 5.91 Å². The van der Waals surface area contributed by atoms with Crippen LogP contribution in [0.5, 0.6) is 0 Å². The van der Waals surface area contributed by atoms with E-state index in [0.29, 0.717) is 43.0 Å². The fourth-order valence-corrected chi connectivity index (χ4v) is 3.56. The van der Waals surface area contributed by atoms with Crippen molar-refractivity contribution < 1.29 is 9.59 Å². The number of nitrogens with one attached hydrogen (secondary N) is 1. The van der Waals surface area contributed by atoms with Gasteiger partial charge in [0.2, 0.25) is 5.91 Å². The lowest BCUT2D eigenvalue weighted by Crippen LogP contribution is -2.39. The average molecular weight is 393 g/mol. The minimum absolute atomic E-state index is 0.00399. The summed E-state index contributed by atoms with van der Waals surface area (Å²) in [6.07, 6.45) is 7.39. The van der Waals surface area contributed by atoms with Crippen molar-refractivity contribution in [2.75, 3.05) is 19.6 Å². The summed E-state index contributed by atoms with van der Waals surface area (Å²) in [5, 5.41) is 2.97. The van der Waals surface area contributed by atoms with Crippen LogP contribution in [0.4, 0.5) is 0 Å². The molecule has 0 bridgehead atoms. The van der Waals surface area contributed by atoms with E-state index in [1.807, 2.05) is 24.0 Å². The van der Waals surface area contributed by atoms with Crippen molar-refractivity contribution in [3.05, 3.63) is 65.5 Å². The number of rotatable bonds is 6. The minimum atomic E-state index is -0.163. The highest BCUT2D eigenvalue weighted by molar-refractivity contribution is 5.95. The number of hydrogen-bond donors (Lipinski definition) is 1. The van der Waals surface area contributed by atoms with Crippen LogP contribution >= 0.6 is 0 Å². The average Bonchev–Trinajstić information content (AvgIpc) is 2.74. The van der Waals surface area contributed by atoms with E-state index in [-0.39, 0.29) is 17.7 Å². The van der Waals surface area contributed by atoms with Gasteiger partial charge in [-0.2, -0.15) is 0 Å². The standard InChI is InChI=1S/C22H27N5O2/c1-15(2)22(29)27-11-7-18(8-12-27)20-19(14-25-16(3)26-20)21(28)24-10-6-17-5-4-9-23-13-17/h4-5,9,13-14,18H,1,6-8,10-12H2,2-3H3,(H,24,28). The number of likely N-dealkylation sites (tertiary alicyclic amines) is 1. The Kier molecular flexibility index (Phi) is 6.69. The second-order valence-corrected chi connectivity index (χ2v) is 7.43. The third-order valence-electron chi connectivity index (χ3n) is 5.14. The number of piperidine rings is 1. The first-order chi connectivity index (χ1) is 14.0. The van der Waals surface area contributed by atoms with E-state index in [9.17, 15) is 9.59 Å². The van der Waals surface area contributed by atoms with E-state index >= 15 is 0 Å². The molecular formula is C22H27N5O2. The zero-order valence-electron chi connectivity index (χ0n) is 17.0. The van der Waals surface area contributed by atoms with Gasteiger partial charge in [0.15, 0.2) is 0 Å². The molecule has 7 heteroatoms. The van der Waals surface area contributed by atoms with Crippen molar-refractivity contribution >= 4 is 11.8 Å². The molecule has 0 radical (unpaired) electrons. The fraction of sp³-hybridized carbons (Fsp3) is 0.409. The molecule has 3 heterocycles. The van der Waals surface area contributed by atoms with Gasteiger partial charge < -0.3 is 10.2 Å². The lowest BCUT2D eigenvalue weighted by Gasteiger charge is -2.32. The van der Waals surface area contributed by atoms with Crippen LogP contribution in [0.2, 0.25) is 0 Å². The van der Waals surface area contributed by atoms with E-state index < -0.39 is 0 Å². The molecule has 0 saturated carbocycles. The molecule has 2 aromatic rings. The topological polar surface area (TPSA) is 88.1 Å². The van der Waals surface area contributed by atoms with Gasteiger partial charge in [-0.25, -0.2) is 9.97 Å². The van der Waals surface area contributed by atoms with Crippen molar-refractivity contribution in [3.63, 3.8) is 0 Å². The highest BCUT2D eigenvalue weighted by Gasteiger charge is 2.28. The predicted molar refractivity (Wildman–Crippen MR) is 110 cm³/mol. The molecule has 1 aliphatic heterocycles. The molecule has 2 amide bonds. The molecule has 3 rings (SSSR count). The number of carbonyl (C=O) groups excluding carboxylic acids is 2. The Morgan fingerprint density at radius 1 is 1.28 bits per heavy atom. The van der Waals surface area contributed by atoms with Gasteiger partial charge in [0, 0.05) is 49.7 Å². The number of nitrogens with zero attached hydrogens (tertiary/aromatic N) is 4. The maximum Gasteiger partial charge on any atom is 0.254 e. The second kappa shape index (κ2) is 9.41. The van der Waals surface area contributed by atoms with Crippen LogP contribution in [0.15, 0.2) is 42.9 Å². The van der Waals surface area contributed by atoms with Crippen LogP contribution in [-0.4, -0.2) is 51.3 Å². The van der Waals surface area contributed by atoms with Crippen LogP contribution in [0.25, 0.3) is 0 Å². The molecule has 0 aliphatic carbocycles. The quantitative estimate of drug-likeness (QED) is 0.762. The van der Waals surface area contributed by atoms with Crippen molar-refractivity contribution in [1.29, 1.82) is 0 Å². The first kappa shape index (κ1) is 20.6. The molecule has 0 spiro atoms. The lowest BCUT2D eigenvalue weighted by molar-refractivity contribution is -0.128. The maximum absolute atomic E-state index is 12.8. The van der Waals surface area contributed by atoms with Gasteiger partial charge in [-0.15, -0.1) is 0 Å².